The maximum Gasteiger partial charge on any atom is 0.159 e. The summed E-state index contributed by atoms with van der Waals surface area (Å²) in [4.78, 5) is 0. The number of allylic oxidation sites excluding steroid dienone is 1. The van der Waals surface area contributed by atoms with Crippen molar-refractivity contribution < 1.29 is 8.42 Å². The summed E-state index contributed by atoms with van der Waals surface area (Å²) in [6.07, 6.45) is 5.10. The van der Waals surface area contributed by atoms with E-state index in [-0.39, 0.29) is 10.5 Å². The number of benzene rings is 1. The van der Waals surface area contributed by atoms with E-state index in [2.05, 4.69) is 6.07 Å². The van der Waals surface area contributed by atoms with Crippen LogP contribution in [0.25, 0.3) is 5.57 Å². The summed E-state index contributed by atoms with van der Waals surface area (Å²) in [6.45, 7) is 1.98. The van der Waals surface area contributed by atoms with Crippen LogP contribution >= 0.6 is 0 Å². The minimum atomic E-state index is -2.96. The van der Waals surface area contributed by atoms with E-state index in [0.29, 0.717) is 12.0 Å². The Labute approximate surface area is 119 Å². The highest BCUT2D eigenvalue weighted by Gasteiger charge is 2.40. The molecule has 104 valence electrons. The lowest BCUT2D eigenvalue weighted by Crippen LogP contribution is -2.38. The van der Waals surface area contributed by atoms with Gasteiger partial charge in [-0.2, -0.15) is 5.26 Å². The first kappa shape index (κ1) is 13.4. The molecule has 0 aliphatic carbocycles. The van der Waals surface area contributed by atoms with E-state index in [9.17, 15) is 8.42 Å². The van der Waals surface area contributed by atoms with Gasteiger partial charge in [0.15, 0.2) is 9.84 Å². The fraction of sp³-hybridized carbons (Fsp3) is 0.438. The zero-order chi connectivity index (χ0) is 14.3. The maximum atomic E-state index is 12.3. The fourth-order valence-electron chi connectivity index (χ4n) is 3.35. The van der Waals surface area contributed by atoms with Gasteiger partial charge in [-0.05, 0) is 55.0 Å². The second kappa shape index (κ2) is 4.75. The molecule has 20 heavy (non-hydrogen) atoms. The molecule has 1 fully saturated rings. The van der Waals surface area contributed by atoms with Crippen molar-refractivity contribution in [1.82, 2.24) is 0 Å². The van der Waals surface area contributed by atoms with Gasteiger partial charge in [0, 0.05) is 0 Å². The Morgan fingerprint density at radius 1 is 1.30 bits per heavy atom. The van der Waals surface area contributed by atoms with Gasteiger partial charge < -0.3 is 0 Å². The highest BCUT2D eigenvalue weighted by molar-refractivity contribution is 7.93. The lowest BCUT2D eigenvalue weighted by Gasteiger charge is -2.33. The van der Waals surface area contributed by atoms with Gasteiger partial charge in [0.2, 0.25) is 0 Å². The third kappa shape index (κ3) is 2.06. The molecule has 2 aliphatic heterocycles. The molecule has 2 unspecified atom stereocenters. The summed E-state index contributed by atoms with van der Waals surface area (Å²) in [7, 11) is -2.96. The van der Waals surface area contributed by atoms with Gasteiger partial charge in [-0.1, -0.05) is 18.6 Å². The van der Waals surface area contributed by atoms with E-state index in [0.717, 1.165) is 36.0 Å². The molecule has 3 nitrogen and oxygen atoms in total. The quantitative estimate of drug-likeness (QED) is 0.798. The van der Waals surface area contributed by atoms with Crippen LogP contribution in [0.15, 0.2) is 24.3 Å². The van der Waals surface area contributed by atoms with Crippen LogP contribution in [0.2, 0.25) is 0 Å². The molecule has 2 bridgehead atoms. The summed E-state index contributed by atoms with van der Waals surface area (Å²) >= 11 is 0. The summed E-state index contributed by atoms with van der Waals surface area (Å²) in [5.41, 5.74) is 3.93. The summed E-state index contributed by atoms with van der Waals surface area (Å²) < 4.78 is 24.5. The molecule has 0 aromatic heterocycles. The van der Waals surface area contributed by atoms with Crippen molar-refractivity contribution in [1.29, 1.82) is 5.26 Å². The van der Waals surface area contributed by atoms with Crippen molar-refractivity contribution in [2.45, 2.75) is 43.1 Å². The zero-order valence-corrected chi connectivity index (χ0v) is 12.3. The van der Waals surface area contributed by atoms with E-state index >= 15 is 0 Å². The van der Waals surface area contributed by atoms with Crippen LogP contribution in [0, 0.1) is 18.3 Å². The van der Waals surface area contributed by atoms with Crippen molar-refractivity contribution in [2.75, 3.05) is 0 Å². The lowest BCUT2D eigenvalue weighted by molar-refractivity contribution is 0.518. The minimum absolute atomic E-state index is 0.212. The molecule has 0 amide bonds. The number of hydrogen-bond donors (Lipinski definition) is 0. The first-order chi connectivity index (χ1) is 9.52. The summed E-state index contributed by atoms with van der Waals surface area (Å²) in [6, 6.07) is 7.77. The van der Waals surface area contributed by atoms with Crippen molar-refractivity contribution in [3.8, 4) is 6.07 Å². The second-order valence-corrected chi connectivity index (χ2v) is 8.17. The predicted molar refractivity (Wildman–Crippen MR) is 78.8 cm³/mol. The number of nitriles is 1. The third-order valence-electron chi connectivity index (χ3n) is 4.44. The Morgan fingerprint density at radius 2 is 2.10 bits per heavy atom. The van der Waals surface area contributed by atoms with Crippen LogP contribution in [-0.2, 0) is 9.84 Å². The van der Waals surface area contributed by atoms with Crippen LogP contribution in [0.4, 0.5) is 0 Å². The van der Waals surface area contributed by atoms with Gasteiger partial charge in [0.05, 0.1) is 22.1 Å². The fourth-order valence-corrected chi connectivity index (χ4v) is 5.60. The standard InChI is InChI=1S/C16H17NO2S/c1-11-7-12(10-17)5-6-16(11)13-8-14-3-2-4-15(9-13)20(14,18)19/h5-8,14-15H,2-4,9H2,1H3. The topological polar surface area (TPSA) is 57.9 Å². The number of aryl methyl sites for hydroxylation is 1. The van der Waals surface area contributed by atoms with E-state index in [1.54, 1.807) is 0 Å². The van der Waals surface area contributed by atoms with Crippen molar-refractivity contribution in [3.05, 3.63) is 41.0 Å². The molecular formula is C16H17NO2S. The number of sulfone groups is 1. The van der Waals surface area contributed by atoms with Crippen LogP contribution < -0.4 is 0 Å². The number of fused-ring (bicyclic) bond motifs is 2. The monoisotopic (exact) mass is 287 g/mol. The zero-order valence-electron chi connectivity index (χ0n) is 11.5. The molecule has 2 aliphatic rings. The first-order valence-electron chi connectivity index (χ1n) is 6.97. The highest BCUT2D eigenvalue weighted by atomic mass is 32.2. The number of rotatable bonds is 1. The summed E-state index contributed by atoms with van der Waals surface area (Å²) in [5.74, 6) is 0. The van der Waals surface area contributed by atoms with Crippen LogP contribution in [0.1, 0.15) is 42.4 Å². The lowest BCUT2D eigenvalue weighted by atomic mass is 9.90. The predicted octanol–water partition coefficient (Wildman–Crippen LogP) is 2.99. The van der Waals surface area contributed by atoms with E-state index in [1.165, 1.54) is 0 Å². The molecule has 2 heterocycles. The second-order valence-electron chi connectivity index (χ2n) is 5.72. The Bertz CT molecular complexity index is 725. The Hall–Kier alpha value is -1.60. The molecule has 0 spiro atoms. The Morgan fingerprint density at radius 3 is 2.75 bits per heavy atom. The molecule has 0 N–H and O–H groups in total. The Balaban J connectivity index is 2.04. The molecule has 0 radical (unpaired) electrons. The minimum Gasteiger partial charge on any atom is -0.228 e. The first-order valence-corrected chi connectivity index (χ1v) is 8.58. The van der Waals surface area contributed by atoms with Crippen LogP contribution in [-0.4, -0.2) is 18.9 Å². The number of nitrogens with zero attached hydrogens (tertiary/aromatic N) is 1. The molecule has 2 atom stereocenters. The molecule has 4 heteroatoms. The largest absolute Gasteiger partial charge is 0.228 e. The van der Waals surface area contributed by atoms with Crippen molar-refractivity contribution in [2.24, 2.45) is 0 Å². The SMILES string of the molecule is Cc1cc(C#N)ccc1C1=CC2CCCC(C1)S2(=O)=O. The van der Waals surface area contributed by atoms with Gasteiger partial charge in [-0.3, -0.25) is 0 Å². The van der Waals surface area contributed by atoms with E-state index < -0.39 is 9.84 Å². The van der Waals surface area contributed by atoms with Gasteiger partial charge in [0.1, 0.15) is 0 Å². The van der Waals surface area contributed by atoms with Crippen LogP contribution in [0.3, 0.4) is 0 Å². The van der Waals surface area contributed by atoms with Gasteiger partial charge >= 0.3 is 0 Å². The average molecular weight is 287 g/mol. The van der Waals surface area contributed by atoms with Crippen LogP contribution in [0.5, 0.6) is 0 Å². The molecule has 3 rings (SSSR count). The molecule has 1 saturated heterocycles. The van der Waals surface area contributed by atoms with Crippen molar-refractivity contribution in [3.63, 3.8) is 0 Å². The third-order valence-corrected chi connectivity index (χ3v) is 6.98. The van der Waals surface area contributed by atoms with Crippen molar-refractivity contribution >= 4 is 15.4 Å². The van der Waals surface area contributed by atoms with Gasteiger partial charge in [-0.15, -0.1) is 0 Å². The van der Waals surface area contributed by atoms with E-state index in [1.807, 2.05) is 31.2 Å². The van der Waals surface area contributed by atoms with Gasteiger partial charge in [0.25, 0.3) is 0 Å². The average Bonchev–Trinajstić information content (AvgIpc) is 2.37. The van der Waals surface area contributed by atoms with Gasteiger partial charge in [-0.25, -0.2) is 8.42 Å². The Kier molecular flexibility index (Phi) is 3.18. The highest BCUT2D eigenvalue weighted by Crippen LogP contribution is 2.39. The molecule has 1 aromatic rings. The maximum absolute atomic E-state index is 12.3. The summed E-state index contributed by atoms with van der Waals surface area (Å²) in [5, 5.41) is 8.40. The van der Waals surface area contributed by atoms with E-state index in [4.69, 9.17) is 5.26 Å². The molecule has 0 saturated carbocycles. The molecule has 1 aromatic carbocycles. The smallest absolute Gasteiger partial charge is 0.159 e. The number of hydrogen-bond acceptors (Lipinski definition) is 3. The normalized spacial score (nSPS) is 27.5. The molecular weight excluding hydrogens is 270 g/mol.